The fourth-order valence-corrected chi connectivity index (χ4v) is 3.68. The van der Waals surface area contributed by atoms with E-state index in [2.05, 4.69) is 5.32 Å². The van der Waals surface area contributed by atoms with E-state index < -0.39 is 6.04 Å². The van der Waals surface area contributed by atoms with E-state index >= 15 is 0 Å². The van der Waals surface area contributed by atoms with Crippen LogP contribution in [0.1, 0.15) is 32.8 Å². The molecule has 2 aromatic rings. The van der Waals surface area contributed by atoms with E-state index in [-0.39, 0.29) is 23.6 Å². The average Bonchev–Trinajstić information content (AvgIpc) is 2.76. The number of nitrogens with zero attached hydrogens (tertiary/aromatic N) is 1. The first-order valence-corrected chi connectivity index (χ1v) is 11.3. The first-order valence-electron chi connectivity index (χ1n) is 9.95. The second-order valence-corrected chi connectivity index (χ2v) is 8.59. The van der Waals surface area contributed by atoms with Gasteiger partial charge in [0.15, 0.2) is 0 Å². The Kier molecular flexibility index (Phi) is 9.53. The quantitative estimate of drug-likeness (QED) is 0.532. The Balaban J connectivity index is 2.16. The topological polar surface area (TPSA) is 58.6 Å². The summed E-state index contributed by atoms with van der Waals surface area (Å²) in [5.41, 5.74) is 0.905. The number of amides is 2. The summed E-state index contributed by atoms with van der Waals surface area (Å²) in [6.45, 7) is 6.06. The van der Waals surface area contributed by atoms with Crippen molar-refractivity contribution in [2.75, 3.05) is 12.9 Å². The van der Waals surface area contributed by atoms with Crippen LogP contribution < -0.4 is 10.1 Å². The molecule has 5 nitrogen and oxygen atoms in total. The van der Waals surface area contributed by atoms with Crippen LogP contribution in [-0.4, -0.2) is 41.7 Å². The molecule has 0 aromatic heterocycles. The molecule has 0 saturated heterocycles. The van der Waals surface area contributed by atoms with Crippen molar-refractivity contribution in [1.82, 2.24) is 10.2 Å². The largest absolute Gasteiger partial charge is 0.497 e. The highest BCUT2D eigenvalue weighted by atomic mass is 35.5. The third kappa shape index (κ3) is 7.26. The van der Waals surface area contributed by atoms with Crippen LogP contribution in [0.2, 0.25) is 5.02 Å². The number of carbonyl (C=O) groups excluding carboxylic acids is 2. The molecule has 0 radical (unpaired) electrons. The Morgan fingerprint density at radius 2 is 1.87 bits per heavy atom. The lowest BCUT2D eigenvalue weighted by Gasteiger charge is -2.29. The molecule has 2 rings (SSSR count). The van der Waals surface area contributed by atoms with Crippen molar-refractivity contribution in [3.8, 4) is 5.75 Å². The minimum atomic E-state index is -0.594. The maximum atomic E-state index is 13.1. The number of ether oxygens (including phenoxy) is 1. The number of rotatable bonds is 10. The van der Waals surface area contributed by atoms with Crippen molar-refractivity contribution in [1.29, 1.82) is 0 Å². The fraction of sp³-hybridized carbons (Fsp3) is 0.391. The molecule has 7 heteroatoms. The first kappa shape index (κ1) is 24.1. The van der Waals surface area contributed by atoms with Crippen molar-refractivity contribution in [3.63, 3.8) is 0 Å². The second-order valence-electron chi connectivity index (χ2n) is 7.11. The summed E-state index contributed by atoms with van der Waals surface area (Å²) in [7, 11) is 1.60. The minimum Gasteiger partial charge on any atom is -0.497 e. The van der Waals surface area contributed by atoms with Gasteiger partial charge < -0.3 is 15.0 Å². The number of nitrogens with one attached hydrogen (secondary N) is 1. The van der Waals surface area contributed by atoms with E-state index in [1.54, 1.807) is 31.1 Å². The summed E-state index contributed by atoms with van der Waals surface area (Å²) in [6.07, 6.45) is 0.828. The van der Waals surface area contributed by atoms with Crippen molar-refractivity contribution in [3.05, 3.63) is 59.1 Å². The molecule has 2 atom stereocenters. The Morgan fingerprint density at radius 1 is 1.17 bits per heavy atom. The zero-order chi connectivity index (χ0) is 22.1. The van der Waals surface area contributed by atoms with Crippen LogP contribution in [0.3, 0.4) is 0 Å². The highest BCUT2D eigenvalue weighted by Gasteiger charge is 2.26. The standard InChI is InChI=1S/C23H29ClN2O3S/c1-5-16(2)25-23(28)17(3)26(14-18-7-6-8-20(13-18)29-4)22(27)15-30-21-11-9-19(24)10-12-21/h6-13,16-17H,5,14-15H2,1-4H3,(H,25,28)/t16-,17-/m1/s1. The molecule has 0 aliphatic rings. The molecule has 0 aliphatic heterocycles. The minimum absolute atomic E-state index is 0.0529. The van der Waals surface area contributed by atoms with Gasteiger partial charge >= 0.3 is 0 Å². The molecule has 162 valence electrons. The summed E-state index contributed by atoms with van der Waals surface area (Å²) < 4.78 is 5.29. The van der Waals surface area contributed by atoms with Crippen LogP contribution in [0, 0.1) is 0 Å². The van der Waals surface area contributed by atoms with Crippen molar-refractivity contribution in [2.45, 2.75) is 50.7 Å². The molecule has 0 bridgehead atoms. The maximum Gasteiger partial charge on any atom is 0.242 e. The van der Waals surface area contributed by atoms with E-state index in [0.29, 0.717) is 17.3 Å². The number of hydrogen-bond donors (Lipinski definition) is 1. The molecule has 2 aromatic carbocycles. The predicted molar refractivity (Wildman–Crippen MR) is 123 cm³/mol. The van der Waals surface area contributed by atoms with E-state index in [9.17, 15) is 9.59 Å². The van der Waals surface area contributed by atoms with E-state index in [0.717, 1.165) is 16.9 Å². The highest BCUT2D eigenvalue weighted by molar-refractivity contribution is 8.00. The number of thioether (sulfide) groups is 1. The third-order valence-electron chi connectivity index (χ3n) is 4.83. The van der Waals surface area contributed by atoms with Gasteiger partial charge in [0.2, 0.25) is 11.8 Å². The molecular formula is C23H29ClN2O3S. The number of halogens is 1. The summed E-state index contributed by atoms with van der Waals surface area (Å²) in [5.74, 6) is 0.681. The van der Waals surface area contributed by atoms with Gasteiger partial charge in [-0.3, -0.25) is 9.59 Å². The van der Waals surface area contributed by atoms with Gasteiger partial charge in [-0.05, 0) is 62.2 Å². The molecule has 0 fully saturated rings. The van der Waals surface area contributed by atoms with Crippen LogP contribution >= 0.6 is 23.4 Å². The van der Waals surface area contributed by atoms with E-state index in [4.69, 9.17) is 16.3 Å². The van der Waals surface area contributed by atoms with Crippen LogP contribution in [0.15, 0.2) is 53.4 Å². The van der Waals surface area contributed by atoms with E-state index in [1.807, 2.05) is 50.2 Å². The van der Waals surface area contributed by atoms with Gasteiger partial charge in [-0.2, -0.15) is 0 Å². The smallest absolute Gasteiger partial charge is 0.242 e. The summed E-state index contributed by atoms with van der Waals surface area (Å²) in [5, 5.41) is 3.63. The molecular weight excluding hydrogens is 420 g/mol. The SMILES string of the molecule is CC[C@@H](C)NC(=O)[C@@H](C)N(Cc1cccc(OC)c1)C(=O)CSc1ccc(Cl)cc1. The Hall–Kier alpha value is -2.18. The Morgan fingerprint density at radius 3 is 2.50 bits per heavy atom. The van der Waals surface area contributed by atoms with Gasteiger partial charge in [0.05, 0.1) is 12.9 Å². The van der Waals surface area contributed by atoms with Crippen LogP contribution in [0.25, 0.3) is 0 Å². The highest BCUT2D eigenvalue weighted by Crippen LogP contribution is 2.22. The van der Waals surface area contributed by atoms with Gasteiger partial charge in [0.1, 0.15) is 11.8 Å². The summed E-state index contributed by atoms with van der Waals surface area (Å²) in [6, 6.07) is 14.3. The van der Waals surface area contributed by atoms with Gasteiger partial charge in [-0.15, -0.1) is 11.8 Å². The number of benzene rings is 2. The first-order chi connectivity index (χ1) is 14.3. The molecule has 0 unspecified atom stereocenters. The molecule has 0 aliphatic carbocycles. The molecule has 30 heavy (non-hydrogen) atoms. The van der Waals surface area contributed by atoms with Crippen molar-refractivity contribution in [2.24, 2.45) is 0 Å². The number of hydrogen-bond acceptors (Lipinski definition) is 4. The monoisotopic (exact) mass is 448 g/mol. The number of methoxy groups -OCH3 is 1. The maximum absolute atomic E-state index is 13.1. The Bertz CT molecular complexity index is 845. The zero-order valence-corrected chi connectivity index (χ0v) is 19.4. The zero-order valence-electron chi connectivity index (χ0n) is 17.9. The normalized spacial score (nSPS) is 12.7. The lowest BCUT2D eigenvalue weighted by molar-refractivity contribution is -0.138. The van der Waals surface area contributed by atoms with E-state index in [1.165, 1.54) is 11.8 Å². The van der Waals surface area contributed by atoms with Gasteiger partial charge in [-0.25, -0.2) is 0 Å². The van der Waals surface area contributed by atoms with Gasteiger partial charge in [0, 0.05) is 22.5 Å². The van der Waals surface area contributed by atoms with Gasteiger partial charge in [0.25, 0.3) is 0 Å². The molecule has 0 spiro atoms. The van der Waals surface area contributed by atoms with Crippen LogP contribution in [0.4, 0.5) is 0 Å². The predicted octanol–water partition coefficient (Wildman–Crippen LogP) is 4.77. The van der Waals surface area contributed by atoms with Crippen LogP contribution in [0.5, 0.6) is 5.75 Å². The average molecular weight is 449 g/mol. The molecule has 1 N–H and O–H groups in total. The van der Waals surface area contributed by atoms with Crippen molar-refractivity contribution < 1.29 is 14.3 Å². The number of carbonyl (C=O) groups is 2. The third-order valence-corrected chi connectivity index (χ3v) is 6.08. The van der Waals surface area contributed by atoms with Crippen molar-refractivity contribution >= 4 is 35.2 Å². The van der Waals surface area contributed by atoms with Crippen LogP contribution in [-0.2, 0) is 16.1 Å². The van der Waals surface area contributed by atoms with Gasteiger partial charge in [-0.1, -0.05) is 30.7 Å². The summed E-state index contributed by atoms with van der Waals surface area (Å²) >= 11 is 7.36. The Labute approximate surface area is 188 Å². The second kappa shape index (κ2) is 11.9. The molecule has 0 heterocycles. The lowest BCUT2D eigenvalue weighted by Crippen LogP contribution is -2.50. The summed E-state index contributed by atoms with van der Waals surface area (Å²) in [4.78, 5) is 28.4. The molecule has 0 saturated carbocycles. The molecule has 2 amide bonds. The lowest BCUT2D eigenvalue weighted by atomic mass is 10.1. The fourth-order valence-electron chi connectivity index (χ4n) is 2.77.